The van der Waals surface area contributed by atoms with Gasteiger partial charge in [-0.25, -0.2) is 0 Å². The van der Waals surface area contributed by atoms with Gasteiger partial charge < -0.3 is 14.9 Å². The number of aliphatic hydroxyl groups excluding tert-OH is 1. The van der Waals surface area contributed by atoms with E-state index in [1.54, 1.807) is 19.4 Å². The number of phenols is 1. The van der Waals surface area contributed by atoms with Crippen molar-refractivity contribution in [2.75, 3.05) is 20.3 Å². The largest absolute Gasteiger partial charge is 0.507 e. The number of methoxy groups -OCH3 is 1. The van der Waals surface area contributed by atoms with Gasteiger partial charge >= 0.3 is 0 Å². The Balaban J connectivity index is 2.62. The first-order valence-electron chi connectivity index (χ1n) is 5.67. The zero-order chi connectivity index (χ0) is 13.0. The highest BCUT2D eigenvalue weighted by atomic mass is 16.5. The van der Waals surface area contributed by atoms with E-state index in [0.717, 1.165) is 10.8 Å². The van der Waals surface area contributed by atoms with Gasteiger partial charge in [-0.15, -0.1) is 0 Å². The number of nitrogens with zero attached hydrogens (tertiary/aromatic N) is 1. The van der Waals surface area contributed by atoms with Crippen LogP contribution in [0.4, 0.5) is 0 Å². The second kappa shape index (κ2) is 5.51. The molecule has 0 aromatic heterocycles. The summed E-state index contributed by atoms with van der Waals surface area (Å²) in [5.41, 5.74) is 0.639. The van der Waals surface area contributed by atoms with E-state index in [4.69, 9.17) is 9.84 Å². The van der Waals surface area contributed by atoms with Crippen LogP contribution in [-0.4, -0.2) is 36.7 Å². The zero-order valence-corrected chi connectivity index (χ0v) is 10.1. The molecule has 2 rings (SSSR count). The van der Waals surface area contributed by atoms with Gasteiger partial charge in [-0.05, 0) is 5.39 Å². The molecule has 0 unspecified atom stereocenters. The fourth-order valence-corrected chi connectivity index (χ4v) is 1.87. The number of aliphatic imine (C=N–C) groups is 1. The van der Waals surface area contributed by atoms with Gasteiger partial charge in [0.15, 0.2) is 0 Å². The molecule has 0 aliphatic heterocycles. The Morgan fingerprint density at radius 3 is 2.67 bits per heavy atom. The van der Waals surface area contributed by atoms with Crippen LogP contribution in [0.3, 0.4) is 0 Å². The van der Waals surface area contributed by atoms with Gasteiger partial charge in [0.2, 0.25) is 0 Å². The van der Waals surface area contributed by atoms with Gasteiger partial charge in [-0.3, -0.25) is 4.99 Å². The standard InChI is InChI=1S/C14H15NO3/c1-18-14-8-13(17)12(9-15-6-7-16)10-4-2-3-5-11(10)14/h2-5,8-9,16-17H,6-7H2,1H3/b15-9+. The number of fused-ring (bicyclic) bond motifs is 1. The molecule has 18 heavy (non-hydrogen) atoms. The summed E-state index contributed by atoms with van der Waals surface area (Å²) in [6.45, 7) is 0.311. The van der Waals surface area contributed by atoms with Crippen LogP contribution in [0.25, 0.3) is 10.8 Å². The Morgan fingerprint density at radius 2 is 2.00 bits per heavy atom. The molecule has 4 heteroatoms. The van der Waals surface area contributed by atoms with Crippen LogP contribution in [0.1, 0.15) is 5.56 Å². The lowest BCUT2D eigenvalue weighted by molar-refractivity contribution is 0.307. The Labute approximate surface area is 105 Å². The van der Waals surface area contributed by atoms with Crippen molar-refractivity contribution in [3.63, 3.8) is 0 Å². The summed E-state index contributed by atoms with van der Waals surface area (Å²) in [5.74, 6) is 0.745. The van der Waals surface area contributed by atoms with Crippen molar-refractivity contribution in [1.82, 2.24) is 0 Å². The molecule has 0 saturated carbocycles. The molecule has 0 spiro atoms. The van der Waals surface area contributed by atoms with E-state index in [9.17, 15) is 5.11 Å². The number of aliphatic hydroxyl groups is 1. The molecule has 2 aromatic rings. The second-order valence-corrected chi connectivity index (χ2v) is 3.82. The van der Waals surface area contributed by atoms with Crippen LogP contribution >= 0.6 is 0 Å². The van der Waals surface area contributed by atoms with Crippen molar-refractivity contribution in [3.8, 4) is 11.5 Å². The highest BCUT2D eigenvalue weighted by Crippen LogP contribution is 2.33. The maximum absolute atomic E-state index is 9.99. The highest BCUT2D eigenvalue weighted by molar-refractivity contribution is 6.04. The molecule has 4 nitrogen and oxygen atoms in total. The molecular formula is C14H15NO3. The summed E-state index contributed by atoms with van der Waals surface area (Å²) < 4.78 is 5.24. The Bertz CT molecular complexity index is 579. The molecule has 0 fully saturated rings. The third-order valence-corrected chi connectivity index (χ3v) is 2.70. The minimum absolute atomic E-state index is 0.00858. The van der Waals surface area contributed by atoms with E-state index in [1.807, 2.05) is 24.3 Å². The number of hydrogen-bond donors (Lipinski definition) is 2. The SMILES string of the molecule is COc1cc(O)c(/C=N/CCO)c2ccccc12. The smallest absolute Gasteiger partial charge is 0.130 e. The van der Waals surface area contributed by atoms with Gasteiger partial charge in [-0.2, -0.15) is 0 Å². The third kappa shape index (κ3) is 2.28. The summed E-state index contributed by atoms with van der Waals surface area (Å²) in [6.07, 6.45) is 1.58. The van der Waals surface area contributed by atoms with Gasteiger partial charge in [0.25, 0.3) is 0 Å². The molecule has 0 amide bonds. The predicted molar refractivity (Wildman–Crippen MR) is 71.7 cm³/mol. The fraction of sp³-hybridized carbons (Fsp3) is 0.214. The van der Waals surface area contributed by atoms with E-state index < -0.39 is 0 Å². The molecule has 0 atom stereocenters. The lowest BCUT2D eigenvalue weighted by Gasteiger charge is -2.09. The number of phenolic OH excluding ortho intramolecular Hbond substituents is 1. The van der Waals surface area contributed by atoms with Crippen molar-refractivity contribution in [2.45, 2.75) is 0 Å². The molecule has 0 aliphatic carbocycles. The van der Waals surface area contributed by atoms with E-state index in [1.165, 1.54) is 0 Å². The Morgan fingerprint density at radius 1 is 1.28 bits per heavy atom. The van der Waals surface area contributed by atoms with Crippen LogP contribution in [0.2, 0.25) is 0 Å². The minimum atomic E-state index is -0.00858. The van der Waals surface area contributed by atoms with Crippen LogP contribution in [0.15, 0.2) is 35.3 Å². The van der Waals surface area contributed by atoms with Gasteiger partial charge in [-0.1, -0.05) is 24.3 Å². The van der Waals surface area contributed by atoms with Crippen molar-refractivity contribution >= 4 is 17.0 Å². The molecule has 94 valence electrons. The van der Waals surface area contributed by atoms with Crippen molar-refractivity contribution in [1.29, 1.82) is 0 Å². The Kier molecular flexibility index (Phi) is 3.79. The summed E-state index contributed by atoms with van der Waals surface area (Å²) in [6, 6.07) is 9.21. The van der Waals surface area contributed by atoms with Crippen LogP contribution in [0.5, 0.6) is 11.5 Å². The Hall–Kier alpha value is -2.07. The van der Waals surface area contributed by atoms with E-state index in [0.29, 0.717) is 17.9 Å². The molecular weight excluding hydrogens is 230 g/mol. The topological polar surface area (TPSA) is 62.0 Å². The summed E-state index contributed by atoms with van der Waals surface area (Å²) in [5, 5.41) is 20.5. The number of benzene rings is 2. The van der Waals surface area contributed by atoms with E-state index in [-0.39, 0.29) is 12.4 Å². The van der Waals surface area contributed by atoms with Crippen molar-refractivity contribution in [2.24, 2.45) is 4.99 Å². The lowest BCUT2D eigenvalue weighted by Crippen LogP contribution is -1.93. The first kappa shape index (κ1) is 12.4. The number of ether oxygens (including phenoxy) is 1. The summed E-state index contributed by atoms with van der Waals surface area (Å²) in [4.78, 5) is 4.05. The van der Waals surface area contributed by atoms with Crippen LogP contribution in [-0.2, 0) is 0 Å². The average molecular weight is 245 g/mol. The molecule has 2 aromatic carbocycles. The molecule has 0 saturated heterocycles. The van der Waals surface area contributed by atoms with E-state index in [2.05, 4.69) is 4.99 Å². The molecule has 2 N–H and O–H groups in total. The van der Waals surface area contributed by atoms with Crippen molar-refractivity contribution in [3.05, 3.63) is 35.9 Å². The highest BCUT2D eigenvalue weighted by Gasteiger charge is 2.09. The van der Waals surface area contributed by atoms with Gasteiger partial charge in [0, 0.05) is 23.2 Å². The maximum Gasteiger partial charge on any atom is 0.130 e. The summed E-state index contributed by atoms with van der Waals surface area (Å²) in [7, 11) is 1.57. The van der Waals surface area contributed by atoms with Gasteiger partial charge in [0.1, 0.15) is 11.5 Å². The average Bonchev–Trinajstić information content (AvgIpc) is 2.41. The molecule has 0 aliphatic rings. The quantitative estimate of drug-likeness (QED) is 0.809. The normalized spacial score (nSPS) is 11.2. The van der Waals surface area contributed by atoms with Crippen LogP contribution in [0, 0.1) is 0 Å². The predicted octanol–water partition coefficient (Wildman–Crippen LogP) is 1.97. The third-order valence-electron chi connectivity index (χ3n) is 2.70. The molecule has 0 heterocycles. The number of aromatic hydroxyl groups is 1. The number of rotatable bonds is 4. The first-order chi connectivity index (χ1) is 8.77. The number of hydrogen-bond acceptors (Lipinski definition) is 4. The molecule has 0 bridgehead atoms. The fourth-order valence-electron chi connectivity index (χ4n) is 1.87. The summed E-state index contributed by atoms with van der Waals surface area (Å²) >= 11 is 0. The second-order valence-electron chi connectivity index (χ2n) is 3.82. The van der Waals surface area contributed by atoms with Crippen LogP contribution < -0.4 is 4.74 Å². The lowest BCUT2D eigenvalue weighted by atomic mass is 10.0. The monoisotopic (exact) mass is 245 g/mol. The molecule has 0 radical (unpaired) electrons. The van der Waals surface area contributed by atoms with E-state index >= 15 is 0 Å². The first-order valence-corrected chi connectivity index (χ1v) is 5.67. The minimum Gasteiger partial charge on any atom is -0.507 e. The van der Waals surface area contributed by atoms with Gasteiger partial charge in [0.05, 0.1) is 20.3 Å². The van der Waals surface area contributed by atoms with Crippen molar-refractivity contribution < 1.29 is 14.9 Å². The zero-order valence-electron chi connectivity index (χ0n) is 10.1. The maximum atomic E-state index is 9.99.